The van der Waals surface area contributed by atoms with Gasteiger partial charge in [-0.05, 0) is 35.2 Å². The first kappa shape index (κ1) is 19.8. The Morgan fingerprint density at radius 3 is 1.60 bits per heavy atom. The predicted molar refractivity (Wildman–Crippen MR) is 74.3 cm³/mol. The van der Waals surface area contributed by atoms with Gasteiger partial charge in [0.15, 0.2) is 0 Å². The Bertz CT molecular complexity index is 569. The average Bonchev–Trinajstić information content (AvgIpc) is 2.39. The number of rotatable bonds is 2. The molecule has 0 fully saturated rings. The van der Waals surface area contributed by atoms with Crippen molar-refractivity contribution in [2.75, 3.05) is 0 Å². The third-order valence-electron chi connectivity index (χ3n) is 2.56. The maximum absolute atomic E-state index is 9.19. The van der Waals surface area contributed by atoms with Gasteiger partial charge in [0.1, 0.15) is 5.75 Å². The van der Waals surface area contributed by atoms with E-state index in [2.05, 4.69) is 31.2 Å². The third kappa shape index (κ3) is 7.54. The van der Waals surface area contributed by atoms with E-state index in [-0.39, 0.29) is 51.4 Å². The third-order valence-corrected chi connectivity index (χ3v) is 2.56. The van der Waals surface area contributed by atoms with Gasteiger partial charge in [-0.1, -0.05) is 43.3 Å². The Kier molecular flexibility index (Phi) is 10.4. The van der Waals surface area contributed by atoms with Gasteiger partial charge in [0.2, 0.25) is 0 Å². The molecule has 0 saturated heterocycles. The number of aryl methyl sites for hydroxylation is 1. The molecule has 0 spiro atoms. The van der Waals surface area contributed by atoms with Gasteiger partial charge >= 0.3 is 51.4 Å². The zero-order valence-corrected chi connectivity index (χ0v) is 15.4. The standard InChI is InChI=1S/C14H14O.K.HO3S/c1-2-11-3-5-12(6-4-11)13-7-9-14(15)10-8-13;;1-4(2)3/h3-10,15H,2H2,1H3;;(H,1,2,3)/q;+1;-1. The molecule has 2 N–H and O–H groups in total. The summed E-state index contributed by atoms with van der Waals surface area (Å²) in [6, 6.07) is 15.8. The minimum atomic E-state index is -2.86. The fraction of sp³-hybridized carbons (Fsp3) is 0.143. The number of phenolic OH excluding ortho intramolecular Hbond substituents is 1. The van der Waals surface area contributed by atoms with Crippen molar-refractivity contribution in [3.05, 3.63) is 54.1 Å². The molecule has 0 amide bonds. The van der Waals surface area contributed by atoms with Crippen molar-refractivity contribution in [3.63, 3.8) is 0 Å². The van der Waals surface area contributed by atoms with Crippen LogP contribution in [0.15, 0.2) is 48.5 Å². The van der Waals surface area contributed by atoms with E-state index < -0.39 is 11.0 Å². The Morgan fingerprint density at radius 1 is 0.900 bits per heavy atom. The van der Waals surface area contributed by atoms with E-state index >= 15 is 0 Å². The molecule has 0 saturated carbocycles. The van der Waals surface area contributed by atoms with Crippen molar-refractivity contribution in [2.45, 2.75) is 13.3 Å². The molecular weight excluding hydrogens is 303 g/mol. The fourth-order valence-electron chi connectivity index (χ4n) is 1.59. The smallest absolute Gasteiger partial charge is 0.508 e. The molecule has 2 rings (SSSR count). The monoisotopic (exact) mass is 318 g/mol. The summed E-state index contributed by atoms with van der Waals surface area (Å²) in [6.07, 6.45) is 1.07. The number of hydrogen-bond acceptors (Lipinski definition) is 4. The van der Waals surface area contributed by atoms with E-state index in [4.69, 9.17) is 13.0 Å². The van der Waals surface area contributed by atoms with E-state index in [0.29, 0.717) is 5.75 Å². The maximum Gasteiger partial charge on any atom is 1.00 e. The average molecular weight is 318 g/mol. The summed E-state index contributed by atoms with van der Waals surface area (Å²) in [6.45, 7) is 2.15. The molecule has 0 heterocycles. The van der Waals surface area contributed by atoms with Gasteiger partial charge in [-0.3, -0.25) is 0 Å². The summed E-state index contributed by atoms with van der Waals surface area (Å²) in [5, 5.41) is 9.19. The summed E-state index contributed by atoms with van der Waals surface area (Å²) < 4.78 is 24.1. The van der Waals surface area contributed by atoms with Gasteiger partial charge in [0.25, 0.3) is 0 Å². The van der Waals surface area contributed by atoms with Gasteiger partial charge in [-0.25, -0.2) is 0 Å². The van der Waals surface area contributed by atoms with E-state index in [1.165, 1.54) is 11.1 Å². The van der Waals surface area contributed by atoms with Crippen molar-refractivity contribution < 1.29 is 69.5 Å². The van der Waals surface area contributed by atoms with E-state index in [1.807, 2.05) is 12.1 Å². The van der Waals surface area contributed by atoms with Gasteiger partial charge in [-0.2, -0.15) is 0 Å². The zero-order chi connectivity index (χ0) is 14.3. The molecule has 2 aromatic carbocycles. The molecule has 0 aliphatic rings. The Balaban J connectivity index is 0.000000644. The van der Waals surface area contributed by atoms with Crippen LogP contribution >= 0.6 is 0 Å². The zero-order valence-electron chi connectivity index (χ0n) is 11.4. The fourth-order valence-corrected chi connectivity index (χ4v) is 1.59. The number of hydrogen-bond donors (Lipinski definition) is 2. The van der Waals surface area contributed by atoms with Gasteiger partial charge in [0.05, 0.1) is 0 Å². The molecule has 0 radical (unpaired) electrons. The largest absolute Gasteiger partial charge is 1.00 e. The second kappa shape index (κ2) is 10.5. The molecule has 0 bridgehead atoms. The van der Waals surface area contributed by atoms with Crippen LogP contribution in [0.4, 0.5) is 0 Å². The first-order valence-electron chi connectivity index (χ1n) is 5.69. The van der Waals surface area contributed by atoms with Crippen LogP contribution < -0.4 is 51.4 Å². The Labute approximate surface area is 163 Å². The molecule has 2 aromatic rings. The second-order valence-corrected chi connectivity index (χ2v) is 4.25. The summed E-state index contributed by atoms with van der Waals surface area (Å²) in [4.78, 5) is 0. The van der Waals surface area contributed by atoms with Crippen LogP contribution in [0.2, 0.25) is 0 Å². The van der Waals surface area contributed by atoms with Crippen LogP contribution in [0.1, 0.15) is 12.5 Å². The van der Waals surface area contributed by atoms with Crippen LogP contribution in [0.3, 0.4) is 0 Å². The molecular formula is C14H15KO4S. The van der Waals surface area contributed by atoms with Crippen LogP contribution in [0.25, 0.3) is 11.1 Å². The first-order valence-corrected chi connectivity index (χ1v) is 6.72. The van der Waals surface area contributed by atoms with Crippen LogP contribution in [-0.4, -0.2) is 9.66 Å². The Hall–Kier alpha value is -0.214. The SMILES string of the molecule is CCc1ccc(-c2ccc(O)cc2)cc1.O=[S-](=O)O.[K+]. The van der Waals surface area contributed by atoms with Gasteiger partial charge in [0, 0.05) is 11.0 Å². The molecule has 6 heteroatoms. The molecule has 0 aliphatic heterocycles. The maximum atomic E-state index is 9.19. The van der Waals surface area contributed by atoms with E-state index in [9.17, 15) is 5.11 Å². The minimum absolute atomic E-state index is 0. The van der Waals surface area contributed by atoms with Crippen molar-refractivity contribution in [2.24, 2.45) is 0 Å². The summed E-state index contributed by atoms with van der Waals surface area (Å²) in [5.74, 6) is 0.309. The normalized spacial score (nSPS) is 9.35. The van der Waals surface area contributed by atoms with Gasteiger partial charge in [-0.15, -0.1) is 0 Å². The molecule has 0 aliphatic carbocycles. The molecule has 20 heavy (non-hydrogen) atoms. The molecule has 102 valence electrons. The predicted octanol–water partition coefficient (Wildman–Crippen LogP) is 0.394. The van der Waals surface area contributed by atoms with Crippen LogP contribution in [-0.2, 0) is 25.8 Å². The quantitative estimate of drug-likeness (QED) is 0.364. The summed E-state index contributed by atoms with van der Waals surface area (Å²) >= 11 is 0. The number of aromatic hydroxyl groups is 1. The summed E-state index contributed by atoms with van der Waals surface area (Å²) in [5.41, 5.74) is 3.67. The first-order chi connectivity index (χ1) is 9.02. The molecule has 0 atom stereocenters. The van der Waals surface area contributed by atoms with Crippen LogP contribution in [0.5, 0.6) is 5.75 Å². The summed E-state index contributed by atoms with van der Waals surface area (Å²) in [7, 11) is -2.86. The van der Waals surface area contributed by atoms with E-state index in [1.54, 1.807) is 12.1 Å². The van der Waals surface area contributed by atoms with Crippen molar-refractivity contribution in [1.29, 1.82) is 0 Å². The number of phenols is 1. The Morgan fingerprint density at radius 2 is 1.25 bits per heavy atom. The topological polar surface area (TPSA) is 74.6 Å². The van der Waals surface area contributed by atoms with Crippen molar-refractivity contribution in [3.8, 4) is 16.9 Å². The molecule has 0 unspecified atom stereocenters. The molecule has 0 aromatic heterocycles. The minimum Gasteiger partial charge on any atom is -0.508 e. The van der Waals surface area contributed by atoms with Crippen LogP contribution in [0, 0.1) is 0 Å². The van der Waals surface area contributed by atoms with Crippen molar-refractivity contribution in [1.82, 2.24) is 0 Å². The number of benzene rings is 2. The van der Waals surface area contributed by atoms with Gasteiger partial charge < -0.3 is 18.1 Å². The van der Waals surface area contributed by atoms with E-state index in [0.717, 1.165) is 12.0 Å². The second-order valence-electron chi connectivity index (χ2n) is 3.81. The molecule has 4 nitrogen and oxygen atoms in total. The van der Waals surface area contributed by atoms with Crippen molar-refractivity contribution >= 4 is 11.0 Å².